The zero-order valence-electron chi connectivity index (χ0n) is 15.3. The van der Waals surface area contributed by atoms with Crippen molar-refractivity contribution in [2.24, 2.45) is 11.7 Å². The molecule has 0 saturated carbocycles. The Morgan fingerprint density at radius 3 is 2.41 bits per heavy atom. The van der Waals surface area contributed by atoms with Gasteiger partial charge in [0.1, 0.15) is 0 Å². The molecule has 0 bridgehead atoms. The third-order valence-corrected chi connectivity index (χ3v) is 7.07. The highest BCUT2D eigenvalue weighted by molar-refractivity contribution is 7.89. The fourth-order valence-corrected chi connectivity index (χ4v) is 5.15. The first kappa shape index (κ1) is 19.8. The van der Waals surface area contributed by atoms with E-state index in [1.165, 1.54) is 10.4 Å². The molecule has 8 nitrogen and oxygen atoms in total. The van der Waals surface area contributed by atoms with Crippen LogP contribution in [0.15, 0.2) is 29.2 Å². The van der Waals surface area contributed by atoms with Gasteiger partial charge in [-0.15, -0.1) is 0 Å². The van der Waals surface area contributed by atoms with E-state index in [2.05, 4.69) is 5.32 Å². The predicted octanol–water partition coefficient (Wildman–Crippen LogP) is 0.607. The normalized spacial score (nSPS) is 19.9. The van der Waals surface area contributed by atoms with Gasteiger partial charge >= 0.3 is 0 Å². The van der Waals surface area contributed by atoms with E-state index in [-0.39, 0.29) is 29.2 Å². The third kappa shape index (κ3) is 4.85. The predicted molar refractivity (Wildman–Crippen MR) is 101 cm³/mol. The van der Waals surface area contributed by atoms with E-state index in [4.69, 9.17) is 5.73 Å². The number of rotatable bonds is 6. The highest BCUT2D eigenvalue weighted by atomic mass is 32.2. The van der Waals surface area contributed by atoms with Gasteiger partial charge in [-0.1, -0.05) is 6.07 Å². The number of piperidine rings is 1. The van der Waals surface area contributed by atoms with E-state index in [0.29, 0.717) is 44.7 Å². The van der Waals surface area contributed by atoms with Gasteiger partial charge < -0.3 is 11.1 Å². The summed E-state index contributed by atoms with van der Waals surface area (Å²) in [4.78, 5) is 25.7. The van der Waals surface area contributed by atoms with Crippen molar-refractivity contribution in [1.29, 1.82) is 0 Å². The molecule has 0 atom stereocenters. The molecule has 2 fully saturated rings. The molecule has 27 heavy (non-hydrogen) atoms. The maximum atomic E-state index is 12.6. The number of likely N-dealkylation sites (tertiary alicyclic amines) is 1. The number of sulfonamides is 1. The van der Waals surface area contributed by atoms with Gasteiger partial charge in [0.05, 0.1) is 11.4 Å². The Morgan fingerprint density at radius 2 is 1.78 bits per heavy atom. The fraction of sp³-hybridized carbons (Fsp3) is 0.556. The largest absolute Gasteiger partial charge is 0.369 e. The molecule has 1 aromatic rings. The summed E-state index contributed by atoms with van der Waals surface area (Å²) >= 11 is 0. The number of carbonyl (C=O) groups excluding carboxylic acids is 2. The van der Waals surface area contributed by atoms with Crippen LogP contribution in [0.5, 0.6) is 0 Å². The van der Waals surface area contributed by atoms with Crippen LogP contribution in [0.3, 0.4) is 0 Å². The van der Waals surface area contributed by atoms with Crippen LogP contribution in [0.1, 0.15) is 25.7 Å². The van der Waals surface area contributed by atoms with E-state index in [0.717, 1.165) is 12.8 Å². The number of nitrogens with zero attached hydrogens (tertiary/aromatic N) is 2. The molecule has 0 radical (unpaired) electrons. The number of nitrogens with one attached hydrogen (secondary N) is 1. The van der Waals surface area contributed by atoms with Crippen LogP contribution in [0.25, 0.3) is 0 Å². The molecule has 2 aliphatic heterocycles. The van der Waals surface area contributed by atoms with Gasteiger partial charge in [-0.2, -0.15) is 4.31 Å². The Balaban J connectivity index is 1.58. The summed E-state index contributed by atoms with van der Waals surface area (Å²) in [6.07, 6.45) is 3.07. The minimum atomic E-state index is -3.51. The molecule has 3 rings (SSSR count). The second kappa shape index (κ2) is 8.37. The lowest BCUT2D eigenvalue weighted by molar-refractivity contribution is -0.123. The van der Waals surface area contributed by atoms with Crippen molar-refractivity contribution in [1.82, 2.24) is 9.21 Å². The Labute approximate surface area is 159 Å². The van der Waals surface area contributed by atoms with Crippen LogP contribution in [0.2, 0.25) is 0 Å². The van der Waals surface area contributed by atoms with Crippen LogP contribution in [0, 0.1) is 5.92 Å². The summed E-state index contributed by atoms with van der Waals surface area (Å²) in [6, 6.07) is 6.37. The molecule has 0 spiro atoms. The van der Waals surface area contributed by atoms with E-state index in [1.807, 2.05) is 4.90 Å². The molecule has 0 aromatic heterocycles. The number of nitrogens with two attached hydrogens (primary N) is 1. The molecule has 2 amide bonds. The summed E-state index contributed by atoms with van der Waals surface area (Å²) in [7, 11) is -3.51. The molecule has 1 aromatic carbocycles. The summed E-state index contributed by atoms with van der Waals surface area (Å²) < 4.78 is 26.8. The first-order valence-electron chi connectivity index (χ1n) is 9.28. The lowest BCUT2D eigenvalue weighted by Gasteiger charge is -2.29. The zero-order chi connectivity index (χ0) is 19.4. The average molecular weight is 394 g/mol. The highest BCUT2D eigenvalue weighted by Crippen LogP contribution is 2.23. The zero-order valence-corrected chi connectivity index (χ0v) is 16.1. The van der Waals surface area contributed by atoms with Crippen LogP contribution in [-0.2, 0) is 19.6 Å². The first-order chi connectivity index (χ1) is 12.9. The molecule has 148 valence electrons. The maximum Gasteiger partial charge on any atom is 0.243 e. The van der Waals surface area contributed by atoms with Crippen molar-refractivity contribution in [3.05, 3.63) is 24.3 Å². The Morgan fingerprint density at radius 1 is 1.11 bits per heavy atom. The number of hydrogen-bond donors (Lipinski definition) is 2. The van der Waals surface area contributed by atoms with E-state index >= 15 is 0 Å². The fourth-order valence-electron chi connectivity index (χ4n) is 3.59. The number of carbonyl (C=O) groups is 2. The molecule has 3 N–H and O–H groups in total. The van der Waals surface area contributed by atoms with Crippen molar-refractivity contribution in [2.45, 2.75) is 30.6 Å². The number of amides is 2. The van der Waals surface area contributed by atoms with Crippen LogP contribution in [-0.4, -0.2) is 62.2 Å². The van der Waals surface area contributed by atoms with E-state index in [1.54, 1.807) is 18.2 Å². The Kier molecular flexibility index (Phi) is 6.13. The van der Waals surface area contributed by atoms with Crippen LogP contribution >= 0.6 is 0 Å². The summed E-state index contributed by atoms with van der Waals surface area (Å²) in [6.45, 7) is 2.57. The number of anilines is 1. The van der Waals surface area contributed by atoms with E-state index in [9.17, 15) is 18.0 Å². The molecule has 2 aliphatic rings. The Hall–Kier alpha value is -1.97. The van der Waals surface area contributed by atoms with Crippen molar-refractivity contribution in [3.8, 4) is 0 Å². The lowest BCUT2D eigenvalue weighted by Crippen LogP contribution is -2.42. The smallest absolute Gasteiger partial charge is 0.243 e. The van der Waals surface area contributed by atoms with Crippen molar-refractivity contribution in [3.63, 3.8) is 0 Å². The van der Waals surface area contributed by atoms with Gasteiger partial charge in [0.15, 0.2) is 0 Å². The topological polar surface area (TPSA) is 113 Å². The van der Waals surface area contributed by atoms with Gasteiger partial charge in [-0.3, -0.25) is 14.5 Å². The van der Waals surface area contributed by atoms with Gasteiger partial charge in [0, 0.05) is 24.7 Å². The summed E-state index contributed by atoms with van der Waals surface area (Å²) in [5, 5.41) is 2.77. The number of primary amides is 1. The molecular weight excluding hydrogens is 368 g/mol. The molecule has 2 saturated heterocycles. The second-order valence-electron chi connectivity index (χ2n) is 7.14. The van der Waals surface area contributed by atoms with Gasteiger partial charge in [0.25, 0.3) is 0 Å². The standard InChI is InChI=1S/C18H26N4O4S/c19-18(24)14-6-10-21(11-7-14)13-17(23)20-15-4-3-5-16(12-15)27(25,26)22-8-1-2-9-22/h3-5,12,14H,1-2,6-11,13H2,(H2,19,24)(H,20,23). The van der Waals surface area contributed by atoms with Crippen LogP contribution in [0.4, 0.5) is 5.69 Å². The molecular formula is C18H26N4O4S. The monoisotopic (exact) mass is 394 g/mol. The first-order valence-corrected chi connectivity index (χ1v) is 10.7. The molecule has 0 unspecified atom stereocenters. The average Bonchev–Trinajstić information content (AvgIpc) is 3.18. The number of benzene rings is 1. The van der Waals surface area contributed by atoms with Crippen molar-refractivity contribution < 1.29 is 18.0 Å². The van der Waals surface area contributed by atoms with Crippen molar-refractivity contribution in [2.75, 3.05) is 38.0 Å². The molecule has 0 aliphatic carbocycles. The third-order valence-electron chi connectivity index (χ3n) is 5.18. The quantitative estimate of drug-likeness (QED) is 0.734. The molecule has 2 heterocycles. The van der Waals surface area contributed by atoms with Gasteiger partial charge in [-0.05, 0) is 57.0 Å². The van der Waals surface area contributed by atoms with Gasteiger partial charge in [-0.25, -0.2) is 8.42 Å². The maximum absolute atomic E-state index is 12.6. The van der Waals surface area contributed by atoms with E-state index < -0.39 is 10.0 Å². The highest BCUT2D eigenvalue weighted by Gasteiger charge is 2.27. The van der Waals surface area contributed by atoms with Crippen molar-refractivity contribution >= 4 is 27.5 Å². The number of hydrogen-bond acceptors (Lipinski definition) is 5. The molecule has 9 heteroatoms. The van der Waals surface area contributed by atoms with Gasteiger partial charge in [0.2, 0.25) is 21.8 Å². The lowest BCUT2D eigenvalue weighted by atomic mass is 9.96. The summed E-state index contributed by atoms with van der Waals surface area (Å²) in [5.74, 6) is -0.602. The minimum Gasteiger partial charge on any atom is -0.369 e. The van der Waals surface area contributed by atoms with Crippen LogP contribution < -0.4 is 11.1 Å². The second-order valence-corrected chi connectivity index (χ2v) is 9.08. The minimum absolute atomic E-state index is 0.114. The SMILES string of the molecule is NC(=O)C1CCN(CC(=O)Nc2cccc(S(=O)(=O)N3CCCC3)c2)CC1. The Bertz CT molecular complexity index is 797. The summed E-state index contributed by atoms with van der Waals surface area (Å²) in [5.41, 5.74) is 5.79.